The molecule has 0 spiro atoms. The molecular weight excluding hydrogens is 388 g/mol. The Bertz CT molecular complexity index is 1040. The van der Waals surface area contributed by atoms with E-state index < -0.39 is 0 Å². The second kappa shape index (κ2) is 9.77. The molecule has 2 amide bonds. The highest BCUT2D eigenvalue weighted by molar-refractivity contribution is 5.94. The van der Waals surface area contributed by atoms with Gasteiger partial charge in [-0.3, -0.25) is 9.59 Å². The van der Waals surface area contributed by atoms with Crippen LogP contribution in [-0.2, 0) is 17.8 Å². The first-order valence-electron chi connectivity index (χ1n) is 11.2. The van der Waals surface area contributed by atoms with Gasteiger partial charge in [-0.05, 0) is 49.4 Å². The van der Waals surface area contributed by atoms with Crippen LogP contribution in [0, 0.1) is 5.92 Å². The maximum absolute atomic E-state index is 13.0. The molecule has 1 aliphatic heterocycles. The van der Waals surface area contributed by atoms with Crippen molar-refractivity contribution in [3.8, 4) is 0 Å². The van der Waals surface area contributed by atoms with Crippen LogP contribution in [0.4, 0.5) is 0 Å². The fraction of sp³-hybridized carbons (Fsp3) is 0.400. The fourth-order valence-electron chi connectivity index (χ4n) is 4.13. The fourth-order valence-corrected chi connectivity index (χ4v) is 4.13. The molecule has 6 heteroatoms. The van der Waals surface area contributed by atoms with Crippen LogP contribution in [-0.4, -0.2) is 45.9 Å². The Morgan fingerprint density at radius 1 is 1.03 bits per heavy atom. The van der Waals surface area contributed by atoms with Crippen LogP contribution in [0.5, 0.6) is 0 Å². The number of imidazole rings is 1. The maximum atomic E-state index is 13.0. The third-order valence-electron chi connectivity index (χ3n) is 6.06. The van der Waals surface area contributed by atoms with Crippen LogP contribution in [0.15, 0.2) is 54.6 Å². The Morgan fingerprint density at radius 2 is 1.74 bits per heavy atom. The smallest absolute Gasteiger partial charge is 0.251 e. The maximum Gasteiger partial charge on any atom is 0.251 e. The molecule has 1 N–H and O–H groups in total. The molecule has 2 heterocycles. The SMILES string of the molecule is CC1CCN(C(=O)Cn2c(CCCNC(=O)c3ccccc3)nc3ccccc32)CC1. The number of carbonyl (C=O) groups excluding carboxylic acids is 2. The molecule has 0 unspecified atom stereocenters. The molecular formula is C25H30N4O2. The summed E-state index contributed by atoms with van der Waals surface area (Å²) in [5.74, 6) is 1.69. The minimum atomic E-state index is -0.0661. The van der Waals surface area contributed by atoms with E-state index in [0.717, 1.165) is 49.2 Å². The quantitative estimate of drug-likeness (QED) is 0.596. The monoisotopic (exact) mass is 418 g/mol. The molecule has 2 aromatic carbocycles. The first-order chi connectivity index (χ1) is 15.1. The first-order valence-corrected chi connectivity index (χ1v) is 11.2. The van der Waals surface area contributed by atoms with Crippen molar-refractivity contribution in [3.63, 3.8) is 0 Å². The van der Waals surface area contributed by atoms with Crippen LogP contribution in [0.2, 0.25) is 0 Å². The average molecular weight is 419 g/mol. The van der Waals surface area contributed by atoms with Crippen LogP contribution in [0.1, 0.15) is 42.4 Å². The molecule has 0 saturated carbocycles. The normalized spacial score (nSPS) is 14.7. The third-order valence-corrected chi connectivity index (χ3v) is 6.06. The number of para-hydroxylation sites is 2. The van der Waals surface area contributed by atoms with E-state index in [1.807, 2.05) is 59.5 Å². The molecule has 0 radical (unpaired) electrons. The van der Waals surface area contributed by atoms with E-state index in [1.54, 1.807) is 0 Å². The van der Waals surface area contributed by atoms with Gasteiger partial charge in [0.15, 0.2) is 0 Å². The van der Waals surface area contributed by atoms with Gasteiger partial charge >= 0.3 is 0 Å². The minimum absolute atomic E-state index is 0.0661. The highest BCUT2D eigenvalue weighted by Crippen LogP contribution is 2.20. The lowest BCUT2D eigenvalue weighted by Gasteiger charge is -2.30. The van der Waals surface area contributed by atoms with Gasteiger partial charge in [-0.2, -0.15) is 0 Å². The molecule has 1 aromatic heterocycles. The average Bonchev–Trinajstić information content (AvgIpc) is 3.15. The molecule has 31 heavy (non-hydrogen) atoms. The van der Waals surface area contributed by atoms with Crippen LogP contribution in [0.3, 0.4) is 0 Å². The lowest BCUT2D eigenvalue weighted by atomic mass is 9.99. The van der Waals surface area contributed by atoms with Crippen LogP contribution in [0.25, 0.3) is 11.0 Å². The molecule has 6 nitrogen and oxygen atoms in total. The van der Waals surface area contributed by atoms with Gasteiger partial charge in [0.1, 0.15) is 12.4 Å². The topological polar surface area (TPSA) is 67.2 Å². The first kappa shape index (κ1) is 21.1. The van der Waals surface area contributed by atoms with Gasteiger partial charge in [0.05, 0.1) is 11.0 Å². The number of nitrogens with zero attached hydrogens (tertiary/aromatic N) is 3. The zero-order valence-electron chi connectivity index (χ0n) is 18.1. The Kier molecular flexibility index (Phi) is 6.65. The van der Waals surface area contributed by atoms with Gasteiger partial charge in [0, 0.05) is 31.6 Å². The van der Waals surface area contributed by atoms with E-state index in [9.17, 15) is 9.59 Å². The number of piperidine rings is 1. The summed E-state index contributed by atoms with van der Waals surface area (Å²) in [5, 5.41) is 2.97. The van der Waals surface area contributed by atoms with E-state index in [0.29, 0.717) is 31.0 Å². The summed E-state index contributed by atoms with van der Waals surface area (Å²) < 4.78 is 2.05. The molecule has 0 aliphatic carbocycles. The van der Waals surface area contributed by atoms with E-state index in [-0.39, 0.29) is 11.8 Å². The summed E-state index contributed by atoms with van der Waals surface area (Å²) in [4.78, 5) is 32.0. The Balaban J connectivity index is 1.40. The van der Waals surface area contributed by atoms with Crippen molar-refractivity contribution in [1.29, 1.82) is 0 Å². The van der Waals surface area contributed by atoms with Gasteiger partial charge < -0.3 is 14.8 Å². The number of benzene rings is 2. The van der Waals surface area contributed by atoms with Crippen molar-refractivity contribution < 1.29 is 9.59 Å². The van der Waals surface area contributed by atoms with E-state index >= 15 is 0 Å². The van der Waals surface area contributed by atoms with Crippen molar-refractivity contribution in [2.24, 2.45) is 5.92 Å². The zero-order chi connectivity index (χ0) is 21.6. The number of nitrogens with one attached hydrogen (secondary N) is 1. The number of aromatic nitrogens is 2. The van der Waals surface area contributed by atoms with Gasteiger partial charge in [-0.15, -0.1) is 0 Å². The van der Waals surface area contributed by atoms with Crippen molar-refractivity contribution >= 4 is 22.8 Å². The van der Waals surface area contributed by atoms with E-state index in [4.69, 9.17) is 4.98 Å². The standard InChI is InChI=1S/C25H30N4O2/c1-19-13-16-28(17-14-19)24(30)18-29-22-11-6-5-10-21(22)27-23(29)12-7-15-26-25(31)20-8-3-2-4-9-20/h2-6,8-11,19H,7,12-18H2,1H3,(H,26,31). The molecule has 162 valence electrons. The second-order valence-electron chi connectivity index (χ2n) is 8.39. The number of amides is 2. The number of aryl methyl sites for hydroxylation is 1. The van der Waals surface area contributed by atoms with Crippen molar-refractivity contribution in [2.45, 2.75) is 39.2 Å². The molecule has 1 fully saturated rings. The molecule has 1 saturated heterocycles. The predicted octanol–water partition coefficient (Wildman–Crippen LogP) is 3.66. The molecule has 3 aromatic rings. The number of hydrogen-bond donors (Lipinski definition) is 1. The molecule has 0 bridgehead atoms. The zero-order valence-corrected chi connectivity index (χ0v) is 18.1. The molecule has 4 rings (SSSR count). The summed E-state index contributed by atoms with van der Waals surface area (Å²) in [5.41, 5.74) is 2.56. The van der Waals surface area contributed by atoms with Gasteiger partial charge in [-0.25, -0.2) is 4.98 Å². The largest absolute Gasteiger partial charge is 0.352 e. The van der Waals surface area contributed by atoms with Crippen LogP contribution < -0.4 is 5.32 Å². The van der Waals surface area contributed by atoms with Gasteiger partial charge in [0.25, 0.3) is 5.91 Å². The van der Waals surface area contributed by atoms with Crippen molar-refractivity contribution in [1.82, 2.24) is 19.8 Å². The second-order valence-corrected chi connectivity index (χ2v) is 8.39. The number of hydrogen-bond acceptors (Lipinski definition) is 3. The van der Waals surface area contributed by atoms with Crippen LogP contribution >= 0.6 is 0 Å². The molecule has 1 aliphatic rings. The third kappa shape index (κ3) is 5.13. The predicted molar refractivity (Wildman–Crippen MR) is 122 cm³/mol. The lowest BCUT2D eigenvalue weighted by molar-refractivity contribution is -0.133. The van der Waals surface area contributed by atoms with E-state index in [2.05, 4.69) is 16.8 Å². The Morgan fingerprint density at radius 3 is 2.52 bits per heavy atom. The number of rotatable bonds is 7. The lowest BCUT2D eigenvalue weighted by Crippen LogP contribution is -2.40. The van der Waals surface area contributed by atoms with Gasteiger partial charge in [0.2, 0.25) is 5.91 Å². The minimum Gasteiger partial charge on any atom is -0.352 e. The van der Waals surface area contributed by atoms with E-state index in [1.165, 1.54) is 0 Å². The number of likely N-dealkylation sites (tertiary alicyclic amines) is 1. The summed E-state index contributed by atoms with van der Waals surface area (Å²) >= 11 is 0. The van der Waals surface area contributed by atoms with Gasteiger partial charge in [-0.1, -0.05) is 37.3 Å². The summed E-state index contributed by atoms with van der Waals surface area (Å²) in [6.45, 7) is 4.82. The number of fused-ring (bicyclic) bond motifs is 1. The summed E-state index contributed by atoms with van der Waals surface area (Å²) in [6, 6.07) is 17.2. The van der Waals surface area contributed by atoms with Crippen molar-refractivity contribution in [3.05, 3.63) is 66.0 Å². The number of carbonyl (C=O) groups is 2. The Labute approximate surface area is 183 Å². The molecule has 0 atom stereocenters. The highest BCUT2D eigenvalue weighted by atomic mass is 16.2. The summed E-state index contributed by atoms with van der Waals surface area (Å²) in [7, 11) is 0. The Hall–Kier alpha value is -3.15. The van der Waals surface area contributed by atoms with Crippen molar-refractivity contribution in [2.75, 3.05) is 19.6 Å². The highest BCUT2D eigenvalue weighted by Gasteiger charge is 2.22. The summed E-state index contributed by atoms with van der Waals surface area (Å²) in [6.07, 6.45) is 3.61.